The summed E-state index contributed by atoms with van der Waals surface area (Å²) in [6.45, 7) is 2.46. The number of likely N-dealkylation sites (N-methyl/N-ethyl adjacent to an activating group) is 1. The molecule has 2 amide bonds. The lowest BCUT2D eigenvalue weighted by Gasteiger charge is -2.34. The maximum absolute atomic E-state index is 13.3. The van der Waals surface area contributed by atoms with Gasteiger partial charge in [0, 0.05) is 43.2 Å². The lowest BCUT2D eigenvalue weighted by atomic mass is 9.78. The molecule has 0 saturated carbocycles. The van der Waals surface area contributed by atoms with Crippen molar-refractivity contribution in [2.75, 3.05) is 19.0 Å². The van der Waals surface area contributed by atoms with E-state index in [2.05, 4.69) is 16.7 Å². The molecular formula is C26H31N3O5. The smallest absolute Gasteiger partial charge is 0.303 e. The number of aliphatic carboxylic acids is 1. The Hall–Kier alpha value is -3.44. The second-order valence-electron chi connectivity index (χ2n) is 8.89. The average molecular weight is 466 g/mol. The van der Waals surface area contributed by atoms with Crippen LogP contribution < -0.4 is 10.6 Å². The predicted molar refractivity (Wildman–Crippen MR) is 127 cm³/mol. The number of carboxylic acids is 1. The van der Waals surface area contributed by atoms with Gasteiger partial charge in [-0.15, -0.1) is 0 Å². The number of benzene rings is 1. The quantitative estimate of drug-likeness (QED) is 0.567. The van der Waals surface area contributed by atoms with E-state index in [9.17, 15) is 19.6 Å². The number of hydrogen-bond acceptors (Lipinski definition) is 5. The van der Waals surface area contributed by atoms with Gasteiger partial charge in [0.15, 0.2) is 0 Å². The first kappa shape index (κ1) is 25.2. The van der Waals surface area contributed by atoms with E-state index >= 15 is 0 Å². The Morgan fingerprint density at radius 2 is 2.09 bits per heavy atom. The molecule has 1 aliphatic carbocycles. The van der Waals surface area contributed by atoms with E-state index in [1.165, 1.54) is 0 Å². The number of fused-ring (bicyclic) bond motifs is 1. The van der Waals surface area contributed by atoms with E-state index in [-0.39, 0.29) is 42.1 Å². The number of carboxylic acid groups (broad SMARTS) is 1. The van der Waals surface area contributed by atoms with Crippen LogP contribution in [-0.4, -0.2) is 42.6 Å². The van der Waals surface area contributed by atoms with E-state index in [1.807, 2.05) is 19.1 Å². The van der Waals surface area contributed by atoms with Gasteiger partial charge in [-0.1, -0.05) is 31.2 Å². The van der Waals surface area contributed by atoms with E-state index < -0.39 is 5.97 Å². The molecule has 8 nitrogen and oxygen atoms in total. The minimum atomic E-state index is -0.868. The monoisotopic (exact) mass is 465 g/mol. The highest BCUT2D eigenvalue weighted by Crippen LogP contribution is 2.34. The number of aryl methyl sites for hydroxylation is 1. The fourth-order valence-corrected chi connectivity index (χ4v) is 4.63. The molecule has 0 spiro atoms. The zero-order valence-electron chi connectivity index (χ0n) is 19.5. The van der Waals surface area contributed by atoms with Gasteiger partial charge in [0.2, 0.25) is 5.91 Å². The number of nitrogens with zero attached hydrogens (tertiary/aromatic N) is 1. The maximum Gasteiger partial charge on any atom is 0.303 e. The largest absolute Gasteiger partial charge is 0.481 e. The van der Waals surface area contributed by atoms with Gasteiger partial charge in [-0.2, -0.15) is 5.26 Å². The Bertz CT molecular complexity index is 1040. The number of carbonyl (C=O) groups is 3. The number of hydrogen-bond donors (Lipinski definition) is 3. The number of amides is 2. The maximum atomic E-state index is 13.3. The summed E-state index contributed by atoms with van der Waals surface area (Å²) in [6, 6.07) is 7.16. The van der Waals surface area contributed by atoms with Crippen molar-refractivity contribution in [2.45, 2.75) is 45.1 Å². The van der Waals surface area contributed by atoms with Gasteiger partial charge in [0.25, 0.3) is 5.91 Å². The first-order valence-electron chi connectivity index (χ1n) is 11.6. The van der Waals surface area contributed by atoms with Gasteiger partial charge in [0.05, 0.1) is 17.7 Å². The predicted octanol–water partition coefficient (Wildman–Crippen LogP) is 3.19. The molecule has 0 radical (unpaired) electrons. The number of nitriles is 1. The van der Waals surface area contributed by atoms with Crippen LogP contribution in [0.4, 0.5) is 5.69 Å². The molecule has 3 rings (SSSR count). The molecule has 2 aliphatic rings. The molecule has 8 heteroatoms. The van der Waals surface area contributed by atoms with Crippen molar-refractivity contribution in [2.24, 2.45) is 17.8 Å². The molecule has 1 saturated heterocycles. The van der Waals surface area contributed by atoms with E-state index in [0.717, 1.165) is 5.56 Å². The summed E-state index contributed by atoms with van der Waals surface area (Å²) < 4.78 is 6.02. The van der Waals surface area contributed by atoms with E-state index in [1.54, 1.807) is 31.3 Å². The Morgan fingerprint density at radius 1 is 1.29 bits per heavy atom. The molecule has 1 aromatic rings. The standard InChI is InChI=1S/C26H31N3O5/c1-16-12-20-14-19(25(32)28-2)8-9-23(20)34-11-10-21(16)26(33)29-22-13-17(15-27)6-7-18(22)4-3-5-24(30)31/h6-9,13-14,16,20-21,23H,3-5,10-12H2,1-2H3,(H,28,32)(H,29,33)(H,30,31)/t16-,20?,21+,23?/m1/s1. The summed E-state index contributed by atoms with van der Waals surface area (Å²) in [7, 11) is 1.60. The fraction of sp³-hybridized carbons (Fsp3) is 0.462. The minimum Gasteiger partial charge on any atom is -0.481 e. The Kier molecular flexibility index (Phi) is 8.61. The zero-order valence-corrected chi connectivity index (χ0v) is 19.5. The molecule has 0 bridgehead atoms. The number of nitrogens with one attached hydrogen (secondary N) is 2. The molecule has 2 unspecified atom stereocenters. The van der Waals surface area contributed by atoms with Crippen LogP contribution in [0.2, 0.25) is 0 Å². The molecular weight excluding hydrogens is 434 g/mol. The molecule has 34 heavy (non-hydrogen) atoms. The molecule has 0 aromatic heterocycles. The normalized spacial score (nSPS) is 24.0. The van der Waals surface area contributed by atoms with Crippen LogP contribution in [-0.2, 0) is 25.5 Å². The third-order valence-corrected chi connectivity index (χ3v) is 6.51. The van der Waals surface area contributed by atoms with Crippen LogP contribution in [0.1, 0.15) is 43.7 Å². The van der Waals surface area contributed by atoms with Crippen molar-refractivity contribution < 1.29 is 24.2 Å². The van der Waals surface area contributed by atoms with Gasteiger partial charge < -0.3 is 20.5 Å². The molecule has 180 valence electrons. The van der Waals surface area contributed by atoms with Crippen molar-refractivity contribution in [1.82, 2.24) is 5.32 Å². The molecule has 3 N–H and O–H groups in total. The number of anilines is 1. The van der Waals surface area contributed by atoms with Gasteiger partial charge in [-0.3, -0.25) is 14.4 Å². The topological polar surface area (TPSA) is 129 Å². The summed E-state index contributed by atoms with van der Waals surface area (Å²) in [5, 5.41) is 23.8. The number of rotatable bonds is 7. The summed E-state index contributed by atoms with van der Waals surface area (Å²) in [5.41, 5.74) is 2.37. The Labute approximate surface area is 199 Å². The van der Waals surface area contributed by atoms with Crippen molar-refractivity contribution in [3.63, 3.8) is 0 Å². The minimum absolute atomic E-state index is 0.00334. The van der Waals surface area contributed by atoms with E-state index in [0.29, 0.717) is 49.1 Å². The van der Waals surface area contributed by atoms with Crippen LogP contribution in [0.15, 0.2) is 42.0 Å². The molecule has 4 atom stereocenters. The molecule has 1 aromatic carbocycles. The molecule has 1 aliphatic heterocycles. The van der Waals surface area contributed by atoms with Gasteiger partial charge in [-0.05, 0) is 49.3 Å². The van der Waals surface area contributed by atoms with Gasteiger partial charge in [-0.25, -0.2) is 0 Å². The molecule has 1 fully saturated rings. The fourth-order valence-electron chi connectivity index (χ4n) is 4.63. The van der Waals surface area contributed by atoms with Crippen molar-refractivity contribution >= 4 is 23.5 Å². The van der Waals surface area contributed by atoms with Crippen LogP contribution in [0.5, 0.6) is 0 Å². The summed E-state index contributed by atoms with van der Waals surface area (Å²) in [4.78, 5) is 36.3. The molecule has 1 heterocycles. The zero-order chi connectivity index (χ0) is 24.7. The van der Waals surface area contributed by atoms with Crippen LogP contribution >= 0.6 is 0 Å². The van der Waals surface area contributed by atoms with Gasteiger partial charge >= 0.3 is 5.97 Å². The lowest BCUT2D eigenvalue weighted by molar-refractivity contribution is -0.137. The first-order chi connectivity index (χ1) is 16.3. The van der Waals surface area contributed by atoms with Crippen molar-refractivity contribution in [3.8, 4) is 6.07 Å². The van der Waals surface area contributed by atoms with Crippen LogP contribution in [0, 0.1) is 29.1 Å². The lowest BCUT2D eigenvalue weighted by Crippen LogP contribution is -2.37. The summed E-state index contributed by atoms with van der Waals surface area (Å²) in [6.07, 6.45) is 7.72. The highest BCUT2D eigenvalue weighted by Gasteiger charge is 2.34. The first-order valence-corrected chi connectivity index (χ1v) is 11.6. The van der Waals surface area contributed by atoms with Crippen molar-refractivity contribution in [1.29, 1.82) is 5.26 Å². The second-order valence-corrected chi connectivity index (χ2v) is 8.89. The third-order valence-electron chi connectivity index (χ3n) is 6.51. The number of ether oxygens (including phenoxy) is 1. The van der Waals surface area contributed by atoms with Gasteiger partial charge in [0.1, 0.15) is 0 Å². The Morgan fingerprint density at radius 3 is 2.79 bits per heavy atom. The SMILES string of the molecule is CNC(=O)C1=CC2C[C@@H](C)[C@@H](C(=O)Nc3cc(C#N)ccc3CCCC(=O)O)CCOC2C=C1. The second kappa shape index (κ2) is 11.6. The van der Waals surface area contributed by atoms with Crippen molar-refractivity contribution in [3.05, 3.63) is 53.1 Å². The van der Waals surface area contributed by atoms with Crippen LogP contribution in [0.25, 0.3) is 0 Å². The summed E-state index contributed by atoms with van der Waals surface area (Å²) >= 11 is 0. The summed E-state index contributed by atoms with van der Waals surface area (Å²) in [5.74, 6) is -1.43. The van der Waals surface area contributed by atoms with E-state index in [4.69, 9.17) is 9.84 Å². The highest BCUT2D eigenvalue weighted by molar-refractivity contribution is 5.96. The number of carbonyl (C=O) groups excluding carboxylic acids is 2. The third kappa shape index (κ3) is 6.33. The van der Waals surface area contributed by atoms with Crippen LogP contribution in [0.3, 0.4) is 0 Å². The average Bonchev–Trinajstić information content (AvgIpc) is 2.81. The highest BCUT2D eigenvalue weighted by atomic mass is 16.5. The Balaban J connectivity index is 1.74.